The maximum absolute atomic E-state index is 10.8. The zero-order valence-electron chi connectivity index (χ0n) is 5.28. The summed E-state index contributed by atoms with van der Waals surface area (Å²) in [5.41, 5.74) is 0. The van der Waals surface area contributed by atoms with E-state index in [4.69, 9.17) is 0 Å². The van der Waals surface area contributed by atoms with Gasteiger partial charge >= 0.3 is 5.97 Å². The summed E-state index contributed by atoms with van der Waals surface area (Å²) in [5.74, 6) is -0.264. The van der Waals surface area contributed by atoms with E-state index in [2.05, 4.69) is 36.6 Å². The third kappa shape index (κ3) is 2.67. The van der Waals surface area contributed by atoms with Gasteiger partial charge in [-0.1, -0.05) is 31.9 Å². The third-order valence-corrected chi connectivity index (χ3v) is 3.34. The van der Waals surface area contributed by atoms with Crippen molar-refractivity contribution in [1.29, 1.82) is 0 Å². The molecule has 0 aromatic rings. The second-order valence-corrected chi connectivity index (χ2v) is 4.13. The van der Waals surface area contributed by atoms with E-state index >= 15 is 0 Å². The van der Waals surface area contributed by atoms with Crippen LogP contribution < -0.4 is 0 Å². The molecule has 0 saturated carbocycles. The van der Waals surface area contributed by atoms with Gasteiger partial charge in [-0.05, 0) is 6.92 Å². The fourth-order valence-electron chi connectivity index (χ4n) is 0.267. The monoisotopic (exact) mass is 258 g/mol. The molecule has 0 unspecified atom stereocenters. The lowest BCUT2D eigenvalue weighted by atomic mass is 10.2. The number of esters is 1. The van der Waals surface area contributed by atoms with Crippen LogP contribution in [0.4, 0.5) is 0 Å². The summed E-state index contributed by atoms with van der Waals surface area (Å²) in [7, 11) is 1.37. The van der Waals surface area contributed by atoms with Gasteiger partial charge in [-0.15, -0.1) is 0 Å². The van der Waals surface area contributed by atoms with Crippen LogP contribution in [-0.4, -0.2) is 22.7 Å². The van der Waals surface area contributed by atoms with Crippen molar-refractivity contribution in [2.75, 3.05) is 12.4 Å². The Labute approximate surface area is 71.2 Å². The molecule has 0 amide bonds. The molecule has 54 valence electrons. The molecule has 0 N–H and O–H groups in total. The molecule has 0 bridgehead atoms. The Morgan fingerprint density at radius 3 is 2.33 bits per heavy atom. The van der Waals surface area contributed by atoms with E-state index in [9.17, 15) is 4.79 Å². The SMILES string of the molecule is COC(=O)[C@](C)(Br)CBr. The predicted molar refractivity (Wildman–Crippen MR) is 43.1 cm³/mol. The van der Waals surface area contributed by atoms with Crippen molar-refractivity contribution < 1.29 is 9.53 Å². The molecule has 0 aromatic heterocycles. The van der Waals surface area contributed by atoms with Gasteiger partial charge in [-0.3, -0.25) is 4.79 Å². The largest absolute Gasteiger partial charge is 0.468 e. The Bertz CT molecular complexity index is 112. The van der Waals surface area contributed by atoms with Gasteiger partial charge in [0.25, 0.3) is 0 Å². The number of hydrogen-bond acceptors (Lipinski definition) is 2. The van der Waals surface area contributed by atoms with Crippen LogP contribution in [0.25, 0.3) is 0 Å². The average molecular weight is 260 g/mol. The topological polar surface area (TPSA) is 26.3 Å². The first kappa shape index (κ1) is 9.43. The first-order valence-corrected chi connectivity index (χ1v) is 4.29. The normalized spacial score (nSPS) is 16.4. The fraction of sp³-hybridized carbons (Fsp3) is 0.800. The summed E-state index contributed by atoms with van der Waals surface area (Å²) in [6.07, 6.45) is 0. The van der Waals surface area contributed by atoms with Crippen molar-refractivity contribution in [3.05, 3.63) is 0 Å². The Hall–Kier alpha value is 0.430. The van der Waals surface area contributed by atoms with Gasteiger partial charge in [0.15, 0.2) is 0 Å². The van der Waals surface area contributed by atoms with Crippen LogP contribution in [0, 0.1) is 0 Å². The van der Waals surface area contributed by atoms with Crippen molar-refractivity contribution in [3.63, 3.8) is 0 Å². The van der Waals surface area contributed by atoms with E-state index < -0.39 is 4.32 Å². The van der Waals surface area contributed by atoms with Gasteiger partial charge in [0.05, 0.1) is 7.11 Å². The van der Waals surface area contributed by atoms with Crippen molar-refractivity contribution >= 4 is 37.8 Å². The highest BCUT2D eigenvalue weighted by atomic mass is 79.9. The maximum atomic E-state index is 10.8. The summed E-state index contributed by atoms with van der Waals surface area (Å²) in [5, 5.41) is 0.548. The van der Waals surface area contributed by atoms with Gasteiger partial charge < -0.3 is 4.74 Å². The molecule has 0 radical (unpaired) electrons. The van der Waals surface area contributed by atoms with Gasteiger partial charge in [-0.25, -0.2) is 0 Å². The highest BCUT2D eigenvalue weighted by Gasteiger charge is 2.29. The molecule has 0 rings (SSSR count). The molecular weight excluding hydrogens is 252 g/mol. The van der Waals surface area contributed by atoms with Crippen molar-refractivity contribution in [2.45, 2.75) is 11.2 Å². The second-order valence-electron chi connectivity index (χ2n) is 1.82. The number of halogens is 2. The minimum atomic E-state index is -0.582. The van der Waals surface area contributed by atoms with Gasteiger partial charge in [0, 0.05) is 5.33 Å². The highest BCUT2D eigenvalue weighted by molar-refractivity contribution is 9.12. The lowest BCUT2D eigenvalue weighted by Crippen LogP contribution is -2.30. The molecular formula is C5H8Br2O2. The zero-order valence-corrected chi connectivity index (χ0v) is 8.45. The number of ether oxygens (including phenoxy) is 1. The smallest absolute Gasteiger partial charge is 0.323 e. The summed E-state index contributed by atoms with van der Waals surface area (Å²) in [4.78, 5) is 10.8. The Kier molecular flexibility index (Phi) is 3.73. The molecule has 0 aliphatic carbocycles. The standard InChI is InChI=1S/C5H8Br2O2/c1-5(7,3-6)4(8)9-2/h3H2,1-2H3/t5-/m1/s1. The summed E-state index contributed by atoms with van der Waals surface area (Å²) in [6, 6.07) is 0. The fourth-order valence-corrected chi connectivity index (χ4v) is 0.658. The number of carbonyl (C=O) groups excluding carboxylic acids is 1. The molecule has 0 heterocycles. The zero-order chi connectivity index (χ0) is 7.49. The minimum absolute atomic E-state index is 0.264. The Morgan fingerprint density at radius 2 is 2.22 bits per heavy atom. The number of alkyl halides is 2. The molecule has 2 nitrogen and oxygen atoms in total. The van der Waals surface area contributed by atoms with Crippen LogP contribution in [0.3, 0.4) is 0 Å². The highest BCUT2D eigenvalue weighted by Crippen LogP contribution is 2.20. The Morgan fingerprint density at radius 1 is 1.78 bits per heavy atom. The first-order valence-electron chi connectivity index (χ1n) is 2.38. The van der Waals surface area contributed by atoms with Crippen LogP contribution in [0.5, 0.6) is 0 Å². The average Bonchev–Trinajstić information content (AvgIpc) is 1.86. The quantitative estimate of drug-likeness (QED) is 0.558. The molecule has 0 aliphatic rings. The van der Waals surface area contributed by atoms with E-state index in [1.807, 2.05) is 0 Å². The molecule has 4 heteroatoms. The first-order chi connectivity index (χ1) is 4.04. The lowest BCUT2D eigenvalue weighted by molar-refractivity contribution is -0.142. The number of hydrogen-bond donors (Lipinski definition) is 0. The van der Waals surface area contributed by atoms with Crippen LogP contribution in [0.2, 0.25) is 0 Å². The molecule has 0 fully saturated rings. The molecule has 0 aromatic carbocycles. The van der Waals surface area contributed by atoms with Crippen LogP contribution in [-0.2, 0) is 9.53 Å². The van der Waals surface area contributed by atoms with Crippen LogP contribution >= 0.6 is 31.9 Å². The third-order valence-electron chi connectivity index (χ3n) is 0.862. The molecule has 1 atom stereocenters. The minimum Gasteiger partial charge on any atom is -0.468 e. The van der Waals surface area contributed by atoms with E-state index in [0.29, 0.717) is 5.33 Å². The van der Waals surface area contributed by atoms with Crippen molar-refractivity contribution in [3.8, 4) is 0 Å². The van der Waals surface area contributed by atoms with Gasteiger partial charge in [0.1, 0.15) is 4.32 Å². The number of carbonyl (C=O) groups is 1. The van der Waals surface area contributed by atoms with Crippen LogP contribution in [0.1, 0.15) is 6.92 Å². The number of rotatable bonds is 2. The van der Waals surface area contributed by atoms with Crippen molar-refractivity contribution in [1.82, 2.24) is 0 Å². The van der Waals surface area contributed by atoms with E-state index in [0.717, 1.165) is 0 Å². The lowest BCUT2D eigenvalue weighted by Gasteiger charge is -2.14. The van der Waals surface area contributed by atoms with E-state index in [-0.39, 0.29) is 5.97 Å². The maximum Gasteiger partial charge on any atom is 0.323 e. The molecule has 0 saturated heterocycles. The Balaban J connectivity index is 3.97. The van der Waals surface area contributed by atoms with Gasteiger partial charge in [-0.2, -0.15) is 0 Å². The van der Waals surface area contributed by atoms with E-state index in [1.165, 1.54) is 7.11 Å². The summed E-state index contributed by atoms with van der Waals surface area (Å²) < 4.78 is 3.91. The number of methoxy groups -OCH3 is 1. The van der Waals surface area contributed by atoms with Gasteiger partial charge in [0.2, 0.25) is 0 Å². The molecule has 9 heavy (non-hydrogen) atoms. The van der Waals surface area contributed by atoms with Crippen molar-refractivity contribution in [2.24, 2.45) is 0 Å². The predicted octanol–water partition coefficient (Wildman–Crippen LogP) is 1.71. The molecule has 0 aliphatic heterocycles. The second kappa shape index (κ2) is 3.56. The van der Waals surface area contributed by atoms with Crippen LogP contribution in [0.15, 0.2) is 0 Å². The molecule has 0 spiro atoms. The van der Waals surface area contributed by atoms with E-state index in [1.54, 1.807) is 6.92 Å². The summed E-state index contributed by atoms with van der Waals surface area (Å²) in [6.45, 7) is 1.74. The summed E-state index contributed by atoms with van der Waals surface area (Å²) >= 11 is 6.35.